The van der Waals surface area contributed by atoms with Crippen LogP contribution in [0.4, 0.5) is 5.82 Å². The van der Waals surface area contributed by atoms with E-state index in [4.69, 9.17) is 10.7 Å². The number of hydrazine groups is 1. The average molecular weight is 394 g/mol. The third-order valence-corrected chi connectivity index (χ3v) is 6.72. The van der Waals surface area contributed by atoms with Gasteiger partial charge in [-0.15, -0.1) is 0 Å². The van der Waals surface area contributed by atoms with Crippen LogP contribution < -0.4 is 26.8 Å². The first-order valence-corrected chi connectivity index (χ1v) is 10.9. The van der Waals surface area contributed by atoms with E-state index in [9.17, 15) is 0 Å². The molecule has 2 aromatic heterocycles. The van der Waals surface area contributed by atoms with Gasteiger partial charge in [0.05, 0.1) is 11.7 Å². The van der Waals surface area contributed by atoms with Crippen LogP contribution in [0.25, 0.3) is 0 Å². The monoisotopic (exact) mass is 393 g/mol. The first-order chi connectivity index (χ1) is 14.3. The van der Waals surface area contributed by atoms with E-state index in [0.717, 1.165) is 56.8 Å². The Morgan fingerprint density at radius 3 is 2.93 bits per heavy atom. The first kappa shape index (κ1) is 18.9. The zero-order valence-electron chi connectivity index (χ0n) is 16.8. The van der Waals surface area contributed by atoms with Crippen molar-refractivity contribution in [3.63, 3.8) is 0 Å². The van der Waals surface area contributed by atoms with Gasteiger partial charge in [-0.1, -0.05) is 12.1 Å². The number of anilines is 1. The molecule has 3 saturated heterocycles. The molecule has 5 atom stereocenters. The molecule has 154 valence electrons. The Balaban J connectivity index is 1.34. The van der Waals surface area contributed by atoms with Crippen molar-refractivity contribution in [1.29, 1.82) is 0 Å². The summed E-state index contributed by atoms with van der Waals surface area (Å²) in [7, 11) is 0. The Kier molecular flexibility index (Phi) is 5.46. The van der Waals surface area contributed by atoms with Gasteiger partial charge in [0.25, 0.3) is 0 Å². The van der Waals surface area contributed by atoms with Crippen LogP contribution >= 0.6 is 0 Å². The molecule has 3 aliphatic rings. The highest BCUT2D eigenvalue weighted by molar-refractivity contribution is 5.40. The maximum atomic E-state index is 6.16. The number of rotatable bonds is 3. The van der Waals surface area contributed by atoms with Gasteiger partial charge in [0.2, 0.25) is 0 Å². The molecule has 3 aliphatic heterocycles. The number of hydrogen-bond donors (Lipinski definition) is 4. The van der Waals surface area contributed by atoms with E-state index in [1.807, 2.05) is 18.5 Å². The van der Waals surface area contributed by atoms with Crippen molar-refractivity contribution in [3.8, 4) is 0 Å². The maximum absolute atomic E-state index is 6.16. The molecule has 0 amide bonds. The molecular formula is C22H31N7. The summed E-state index contributed by atoms with van der Waals surface area (Å²) in [4.78, 5) is 11.8. The van der Waals surface area contributed by atoms with E-state index >= 15 is 0 Å². The van der Waals surface area contributed by atoms with Crippen LogP contribution in [0.2, 0.25) is 0 Å². The highest BCUT2D eigenvalue weighted by Crippen LogP contribution is 2.38. The molecule has 0 saturated carbocycles. The van der Waals surface area contributed by atoms with E-state index in [1.54, 1.807) is 0 Å². The molecular weight excluding hydrogens is 362 g/mol. The number of aromatic nitrogens is 2. The van der Waals surface area contributed by atoms with Gasteiger partial charge in [0, 0.05) is 56.1 Å². The van der Waals surface area contributed by atoms with Crippen LogP contribution in [0.3, 0.4) is 0 Å². The third kappa shape index (κ3) is 4.00. The smallest absolute Gasteiger partial charge is 0.128 e. The number of nitrogens with zero attached hydrogens (tertiary/aromatic N) is 3. The molecule has 0 aromatic carbocycles. The lowest BCUT2D eigenvalue weighted by Gasteiger charge is -2.34. The molecule has 29 heavy (non-hydrogen) atoms. The fourth-order valence-electron chi connectivity index (χ4n) is 5.04. The van der Waals surface area contributed by atoms with Gasteiger partial charge in [-0.05, 0) is 49.4 Å². The lowest BCUT2D eigenvalue weighted by atomic mass is 9.81. The van der Waals surface area contributed by atoms with Crippen molar-refractivity contribution in [2.24, 2.45) is 11.7 Å². The summed E-state index contributed by atoms with van der Waals surface area (Å²) < 4.78 is 0. The number of hydrogen-bond acceptors (Lipinski definition) is 7. The summed E-state index contributed by atoms with van der Waals surface area (Å²) >= 11 is 0. The van der Waals surface area contributed by atoms with Gasteiger partial charge >= 0.3 is 0 Å². The minimum atomic E-state index is 0.218. The van der Waals surface area contributed by atoms with Crippen molar-refractivity contribution in [2.45, 2.75) is 49.9 Å². The summed E-state index contributed by atoms with van der Waals surface area (Å²) in [5.41, 5.74) is 15.6. The molecule has 5 rings (SSSR count). The standard InChI is InChI=1S/C22H31N7/c23-16-5-3-10-29(11-8-16)21-7-1-6-18(26-21)22-17-12-19(15-4-2-9-24-13-15)25-14-20(17)27-28-22/h1-2,4,6-7,9,13,16-17,19-20,22,25,27-28H,3,5,8,10-12,14,23H2. The van der Waals surface area contributed by atoms with Gasteiger partial charge in [0.1, 0.15) is 5.82 Å². The summed E-state index contributed by atoms with van der Waals surface area (Å²) in [5.74, 6) is 1.57. The van der Waals surface area contributed by atoms with E-state index in [0.29, 0.717) is 24.0 Å². The van der Waals surface area contributed by atoms with Crippen LogP contribution in [-0.2, 0) is 0 Å². The van der Waals surface area contributed by atoms with Crippen molar-refractivity contribution in [2.75, 3.05) is 24.5 Å². The fraction of sp³-hybridized carbons (Fsp3) is 0.545. The number of nitrogens with two attached hydrogens (primary N) is 1. The Morgan fingerprint density at radius 1 is 1.07 bits per heavy atom. The largest absolute Gasteiger partial charge is 0.357 e. The second kappa shape index (κ2) is 8.36. The van der Waals surface area contributed by atoms with Gasteiger partial charge in [0.15, 0.2) is 0 Å². The minimum Gasteiger partial charge on any atom is -0.357 e. The lowest BCUT2D eigenvalue weighted by Crippen LogP contribution is -2.46. The first-order valence-electron chi connectivity index (χ1n) is 10.9. The minimum absolute atomic E-state index is 0.218. The van der Waals surface area contributed by atoms with E-state index in [1.165, 1.54) is 5.56 Å². The second-order valence-corrected chi connectivity index (χ2v) is 8.62. The summed E-state index contributed by atoms with van der Waals surface area (Å²) in [6, 6.07) is 11.9. The van der Waals surface area contributed by atoms with Gasteiger partial charge in [-0.25, -0.2) is 10.4 Å². The Hall–Kier alpha value is -2.06. The van der Waals surface area contributed by atoms with E-state index < -0.39 is 0 Å². The lowest BCUT2D eigenvalue weighted by molar-refractivity contribution is 0.265. The quantitative estimate of drug-likeness (QED) is 0.630. The summed E-state index contributed by atoms with van der Waals surface area (Å²) in [5, 5.41) is 3.67. The molecule has 0 aliphatic carbocycles. The second-order valence-electron chi connectivity index (χ2n) is 8.62. The van der Waals surface area contributed by atoms with Gasteiger partial charge in [-0.3, -0.25) is 10.4 Å². The van der Waals surface area contributed by atoms with Gasteiger partial charge in [-0.2, -0.15) is 0 Å². The molecule has 7 nitrogen and oxygen atoms in total. The summed E-state index contributed by atoms with van der Waals surface area (Å²) in [6.45, 7) is 2.98. The van der Waals surface area contributed by atoms with Crippen molar-refractivity contribution < 1.29 is 0 Å². The third-order valence-electron chi connectivity index (χ3n) is 6.72. The van der Waals surface area contributed by atoms with Crippen LogP contribution in [0, 0.1) is 5.92 Å². The van der Waals surface area contributed by atoms with Crippen molar-refractivity contribution in [3.05, 3.63) is 54.0 Å². The van der Waals surface area contributed by atoms with E-state index in [-0.39, 0.29) is 6.04 Å². The SMILES string of the molecule is NC1CCCN(c2cccc(C3NNC4CNC(c5cccnc5)CC43)n2)CC1. The molecule has 3 fully saturated rings. The molecule has 2 aromatic rings. The highest BCUT2D eigenvalue weighted by Gasteiger charge is 2.42. The molecule has 7 heteroatoms. The highest BCUT2D eigenvalue weighted by atomic mass is 15.4. The van der Waals surface area contributed by atoms with Crippen molar-refractivity contribution in [1.82, 2.24) is 26.1 Å². The molecule has 0 bridgehead atoms. The maximum Gasteiger partial charge on any atom is 0.128 e. The Bertz CT molecular complexity index is 814. The molecule has 0 radical (unpaired) electrons. The fourth-order valence-corrected chi connectivity index (χ4v) is 5.04. The number of fused-ring (bicyclic) bond motifs is 1. The molecule has 0 spiro atoms. The number of nitrogens with one attached hydrogen (secondary N) is 3. The topological polar surface area (TPSA) is 91.1 Å². The zero-order chi connectivity index (χ0) is 19.6. The summed E-state index contributed by atoms with van der Waals surface area (Å²) in [6.07, 6.45) is 8.16. The molecule has 5 heterocycles. The normalized spacial score (nSPS) is 32.6. The number of pyridine rings is 2. The van der Waals surface area contributed by atoms with Crippen molar-refractivity contribution >= 4 is 5.82 Å². The van der Waals surface area contributed by atoms with Crippen LogP contribution in [0.5, 0.6) is 0 Å². The molecule has 5 unspecified atom stereocenters. The van der Waals surface area contributed by atoms with Crippen LogP contribution in [-0.4, -0.2) is 41.7 Å². The van der Waals surface area contributed by atoms with E-state index in [2.05, 4.69) is 50.3 Å². The predicted molar refractivity (Wildman–Crippen MR) is 114 cm³/mol. The Labute approximate surface area is 172 Å². The molecule has 5 N–H and O–H groups in total. The van der Waals surface area contributed by atoms with Gasteiger partial charge < -0.3 is 16.0 Å². The zero-order valence-corrected chi connectivity index (χ0v) is 16.8. The average Bonchev–Trinajstić information content (AvgIpc) is 3.07. The Morgan fingerprint density at radius 2 is 2.03 bits per heavy atom. The number of piperidine rings is 1. The van der Waals surface area contributed by atoms with Crippen LogP contribution in [0.1, 0.15) is 49.0 Å². The van der Waals surface area contributed by atoms with Crippen LogP contribution in [0.15, 0.2) is 42.7 Å². The predicted octanol–water partition coefficient (Wildman–Crippen LogP) is 1.66.